The number of nitrogens with one attached hydrogen (secondary N) is 2. The van der Waals surface area contributed by atoms with Crippen LogP contribution in [0.25, 0.3) is 33.2 Å². The third-order valence-corrected chi connectivity index (χ3v) is 6.66. The fourth-order valence-corrected chi connectivity index (χ4v) is 4.77. The normalized spacial score (nSPS) is 14.6. The van der Waals surface area contributed by atoms with Crippen molar-refractivity contribution in [1.29, 1.82) is 0 Å². The van der Waals surface area contributed by atoms with Gasteiger partial charge in [-0.2, -0.15) is 5.10 Å². The monoisotopic (exact) mass is 449 g/mol. The number of hydrogen-bond donors (Lipinski definition) is 2. The van der Waals surface area contributed by atoms with Crippen molar-refractivity contribution in [3.05, 3.63) is 94.4 Å². The van der Waals surface area contributed by atoms with Gasteiger partial charge in [0, 0.05) is 51.9 Å². The van der Waals surface area contributed by atoms with E-state index in [4.69, 9.17) is 4.98 Å². The molecule has 3 aromatic carbocycles. The van der Waals surface area contributed by atoms with Gasteiger partial charge in [-0.05, 0) is 43.2 Å². The van der Waals surface area contributed by atoms with Crippen LogP contribution in [0.5, 0.6) is 0 Å². The van der Waals surface area contributed by atoms with Crippen molar-refractivity contribution in [2.45, 2.75) is 18.8 Å². The molecule has 7 nitrogen and oxygen atoms in total. The molecule has 168 valence electrons. The van der Waals surface area contributed by atoms with Gasteiger partial charge in [0.2, 0.25) is 0 Å². The van der Waals surface area contributed by atoms with Gasteiger partial charge in [-0.25, -0.2) is 4.98 Å². The zero-order valence-corrected chi connectivity index (χ0v) is 18.5. The number of amides is 1. The van der Waals surface area contributed by atoms with E-state index in [9.17, 15) is 9.59 Å². The van der Waals surface area contributed by atoms with Crippen LogP contribution in [-0.4, -0.2) is 44.1 Å². The predicted molar refractivity (Wildman–Crippen MR) is 132 cm³/mol. The van der Waals surface area contributed by atoms with E-state index >= 15 is 0 Å². The fraction of sp³-hybridized carbons (Fsp3) is 0.185. The molecule has 2 N–H and O–H groups in total. The molecule has 1 aliphatic rings. The molecule has 0 aliphatic carbocycles. The highest BCUT2D eigenvalue weighted by molar-refractivity contribution is 6.00. The van der Waals surface area contributed by atoms with Gasteiger partial charge in [0.1, 0.15) is 5.82 Å². The summed E-state index contributed by atoms with van der Waals surface area (Å²) in [6.07, 6.45) is 1.63. The van der Waals surface area contributed by atoms with Crippen LogP contribution in [0.3, 0.4) is 0 Å². The second-order valence-electron chi connectivity index (χ2n) is 8.74. The molecule has 6 rings (SSSR count). The van der Waals surface area contributed by atoms with Crippen molar-refractivity contribution in [2.24, 2.45) is 0 Å². The van der Waals surface area contributed by atoms with Crippen molar-refractivity contribution in [2.75, 3.05) is 13.1 Å². The zero-order valence-electron chi connectivity index (χ0n) is 18.5. The molecule has 1 fully saturated rings. The number of H-pyrrole nitrogens is 2. The first-order chi connectivity index (χ1) is 16.7. The highest BCUT2D eigenvalue weighted by Crippen LogP contribution is 2.28. The number of pyridine rings is 1. The number of carbonyl (C=O) groups is 1. The summed E-state index contributed by atoms with van der Waals surface area (Å²) in [5, 5.41) is 8.62. The maximum Gasteiger partial charge on any atom is 0.253 e. The Kier molecular flexibility index (Phi) is 4.95. The number of nitrogens with zero attached hydrogens (tertiary/aromatic N) is 3. The Hall–Kier alpha value is -4.26. The fourth-order valence-electron chi connectivity index (χ4n) is 4.77. The Bertz CT molecular complexity index is 1560. The number of aromatic nitrogens is 4. The molecule has 0 saturated carbocycles. The van der Waals surface area contributed by atoms with E-state index in [0.717, 1.165) is 35.3 Å². The van der Waals surface area contributed by atoms with Crippen LogP contribution in [0.4, 0.5) is 0 Å². The standard InChI is InChI=1S/C27H23N5O2/c33-24-20-8-4-5-9-22(20)28-23-11-10-19(16-21(23)24)27(34)32-14-12-18(13-15-32)26-29-25(30-31-26)17-6-2-1-3-7-17/h1-11,16,18H,12-15H2,(H,28,33)(H,29,30,31). The average molecular weight is 450 g/mol. The second kappa shape index (κ2) is 8.26. The Morgan fingerprint density at radius 1 is 0.882 bits per heavy atom. The number of hydrogen-bond acceptors (Lipinski definition) is 4. The topological polar surface area (TPSA) is 94.7 Å². The summed E-state index contributed by atoms with van der Waals surface area (Å²) in [7, 11) is 0. The first-order valence-electron chi connectivity index (χ1n) is 11.5. The minimum absolute atomic E-state index is 0.0459. The van der Waals surface area contributed by atoms with Gasteiger partial charge in [0.05, 0.1) is 0 Å². The summed E-state index contributed by atoms with van der Waals surface area (Å²) in [6, 6.07) is 22.7. The first kappa shape index (κ1) is 20.4. The van der Waals surface area contributed by atoms with Crippen molar-refractivity contribution in [3.63, 3.8) is 0 Å². The first-order valence-corrected chi connectivity index (χ1v) is 11.5. The average Bonchev–Trinajstić information content (AvgIpc) is 3.39. The molecule has 0 radical (unpaired) electrons. The van der Waals surface area contributed by atoms with Gasteiger partial charge in [0.25, 0.3) is 5.91 Å². The molecule has 1 aliphatic heterocycles. The van der Waals surface area contributed by atoms with Crippen LogP contribution >= 0.6 is 0 Å². The molecule has 7 heteroatoms. The molecule has 0 bridgehead atoms. The van der Waals surface area contributed by atoms with Crippen LogP contribution in [-0.2, 0) is 0 Å². The summed E-state index contributed by atoms with van der Waals surface area (Å²) in [5.74, 6) is 1.76. The smallest absolute Gasteiger partial charge is 0.253 e. The number of fused-ring (bicyclic) bond motifs is 2. The molecule has 0 atom stereocenters. The van der Waals surface area contributed by atoms with E-state index in [1.165, 1.54) is 0 Å². The number of para-hydroxylation sites is 1. The van der Waals surface area contributed by atoms with Gasteiger partial charge in [-0.15, -0.1) is 0 Å². The van der Waals surface area contributed by atoms with Gasteiger partial charge in [0.15, 0.2) is 11.3 Å². The van der Waals surface area contributed by atoms with E-state index in [1.807, 2.05) is 59.5 Å². The maximum absolute atomic E-state index is 13.2. The van der Waals surface area contributed by atoms with Gasteiger partial charge in [-0.3, -0.25) is 14.7 Å². The van der Waals surface area contributed by atoms with E-state index in [0.29, 0.717) is 35.2 Å². The molecule has 0 unspecified atom stereocenters. The lowest BCUT2D eigenvalue weighted by Gasteiger charge is -2.31. The summed E-state index contributed by atoms with van der Waals surface area (Å²) in [4.78, 5) is 36.1. The summed E-state index contributed by atoms with van der Waals surface area (Å²) >= 11 is 0. The number of aromatic amines is 2. The van der Waals surface area contributed by atoms with E-state index in [2.05, 4.69) is 15.2 Å². The van der Waals surface area contributed by atoms with Crippen LogP contribution in [0.1, 0.15) is 34.9 Å². The SMILES string of the molecule is O=C(c1ccc2[nH]c3ccccc3c(=O)c2c1)N1CCC(c2nc(-c3ccccc3)n[nH]2)CC1. The third kappa shape index (κ3) is 3.55. The number of carbonyl (C=O) groups excluding carboxylic acids is 1. The van der Waals surface area contributed by atoms with Crippen molar-refractivity contribution >= 4 is 27.7 Å². The molecule has 1 amide bonds. The number of piperidine rings is 1. The van der Waals surface area contributed by atoms with E-state index in [-0.39, 0.29) is 17.3 Å². The number of likely N-dealkylation sites (tertiary alicyclic amines) is 1. The summed E-state index contributed by atoms with van der Waals surface area (Å²) in [5.41, 5.74) is 2.99. The minimum Gasteiger partial charge on any atom is -0.354 e. The molecule has 0 spiro atoms. The van der Waals surface area contributed by atoms with Gasteiger partial charge < -0.3 is 9.88 Å². The minimum atomic E-state index is -0.0581. The number of benzene rings is 3. The molecular formula is C27H23N5O2. The van der Waals surface area contributed by atoms with Gasteiger partial charge in [-0.1, -0.05) is 42.5 Å². The molecular weight excluding hydrogens is 426 g/mol. The van der Waals surface area contributed by atoms with Crippen LogP contribution in [0, 0.1) is 0 Å². The van der Waals surface area contributed by atoms with E-state index in [1.54, 1.807) is 18.2 Å². The van der Waals surface area contributed by atoms with Crippen LogP contribution in [0.2, 0.25) is 0 Å². The van der Waals surface area contributed by atoms with Crippen LogP contribution in [0.15, 0.2) is 77.6 Å². The predicted octanol–water partition coefficient (Wildman–Crippen LogP) is 4.49. The van der Waals surface area contributed by atoms with E-state index < -0.39 is 0 Å². The van der Waals surface area contributed by atoms with Crippen molar-refractivity contribution < 1.29 is 4.79 Å². The molecule has 34 heavy (non-hydrogen) atoms. The Morgan fingerprint density at radius 3 is 2.44 bits per heavy atom. The highest BCUT2D eigenvalue weighted by Gasteiger charge is 2.27. The Balaban J connectivity index is 1.19. The molecule has 2 aromatic heterocycles. The van der Waals surface area contributed by atoms with Gasteiger partial charge >= 0.3 is 0 Å². The van der Waals surface area contributed by atoms with Crippen LogP contribution < -0.4 is 5.43 Å². The molecule has 5 aromatic rings. The second-order valence-corrected chi connectivity index (χ2v) is 8.74. The zero-order chi connectivity index (χ0) is 23.1. The maximum atomic E-state index is 13.2. The molecule has 1 saturated heterocycles. The Morgan fingerprint density at radius 2 is 1.62 bits per heavy atom. The highest BCUT2D eigenvalue weighted by atomic mass is 16.2. The summed E-state index contributed by atoms with van der Waals surface area (Å²) in [6.45, 7) is 1.27. The number of rotatable bonds is 3. The summed E-state index contributed by atoms with van der Waals surface area (Å²) < 4.78 is 0. The molecule has 3 heterocycles. The van der Waals surface area contributed by atoms with Crippen molar-refractivity contribution in [1.82, 2.24) is 25.1 Å². The lowest BCUT2D eigenvalue weighted by Crippen LogP contribution is -2.38. The third-order valence-electron chi connectivity index (χ3n) is 6.66. The lowest BCUT2D eigenvalue weighted by molar-refractivity contribution is 0.0711. The Labute approximate surface area is 195 Å². The van der Waals surface area contributed by atoms with Crippen molar-refractivity contribution in [3.8, 4) is 11.4 Å². The quantitative estimate of drug-likeness (QED) is 0.397. The lowest BCUT2D eigenvalue weighted by atomic mass is 9.95. The largest absolute Gasteiger partial charge is 0.354 e.